The van der Waals surface area contributed by atoms with Gasteiger partial charge in [0, 0.05) is 5.70 Å². The number of anilines is 1. The van der Waals surface area contributed by atoms with Crippen LogP contribution in [0.3, 0.4) is 0 Å². The van der Waals surface area contributed by atoms with Crippen molar-refractivity contribution in [1.29, 1.82) is 0 Å². The number of hydrogen-bond donors (Lipinski definition) is 1. The largest absolute Gasteiger partial charge is 0.493 e. The molecule has 8 nitrogen and oxygen atoms in total. The molecule has 0 fully saturated rings. The molecule has 26 heavy (non-hydrogen) atoms. The normalized spacial score (nSPS) is 16.0. The number of nitrogens with one attached hydrogen (secondary N) is 1. The summed E-state index contributed by atoms with van der Waals surface area (Å²) in [4.78, 5) is 16.8. The third-order valence-corrected chi connectivity index (χ3v) is 4.65. The zero-order chi connectivity index (χ0) is 18.8. The second-order valence-corrected chi connectivity index (χ2v) is 6.41. The molecule has 1 aliphatic rings. The highest BCUT2D eigenvalue weighted by Crippen LogP contribution is 2.42. The Hall–Kier alpha value is -2.55. The van der Waals surface area contributed by atoms with Crippen LogP contribution in [0.15, 0.2) is 34.2 Å². The molecule has 2 aromatic rings. The van der Waals surface area contributed by atoms with Crippen molar-refractivity contribution in [2.75, 3.05) is 26.1 Å². The van der Waals surface area contributed by atoms with Crippen molar-refractivity contribution >= 4 is 27.8 Å². The van der Waals surface area contributed by atoms with Crippen LogP contribution in [0.1, 0.15) is 25.5 Å². The van der Waals surface area contributed by atoms with Crippen molar-refractivity contribution in [2.24, 2.45) is 0 Å². The minimum atomic E-state index is -0.510. The van der Waals surface area contributed by atoms with Gasteiger partial charge in [-0.2, -0.15) is 10.1 Å². The summed E-state index contributed by atoms with van der Waals surface area (Å²) >= 11 is 3.50. The van der Waals surface area contributed by atoms with Crippen LogP contribution in [0.5, 0.6) is 11.5 Å². The molecule has 1 aliphatic heterocycles. The molecule has 1 N–H and O–H groups in total. The van der Waals surface area contributed by atoms with E-state index in [1.54, 1.807) is 25.8 Å². The van der Waals surface area contributed by atoms with Gasteiger partial charge in [0.05, 0.1) is 30.9 Å². The molecule has 0 spiro atoms. The summed E-state index contributed by atoms with van der Waals surface area (Å²) in [6.45, 7) is 3.86. The number of benzene rings is 1. The van der Waals surface area contributed by atoms with Gasteiger partial charge in [-0.25, -0.2) is 9.48 Å². The smallest absolute Gasteiger partial charge is 0.338 e. The maximum Gasteiger partial charge on any atom is 0.338 e. The van der Waals surface area contributed by atoms with E-state index >= 15 is 0 Å². The molecule has 3 rings (SSSR count). The van der Waals surface area contributed by atoms with Crippen LogP contribution in [-0.2, 0) is 9.53 Å². The number of halogens is 1. The fraction of sp³-hybridized carbons (Fsp3) is 0.353. The van der Waals surface area contributed by atoms with E-state index in [9.17, 15) is 4.79 Å². The molecule has 1 aromatic carbocycles. The monoisotopic (exact) mass is 422 g/mol. The van der Waals surface area contributed by atoms with Gasteiger partial charge in [-0.3, -0.25) is 0 Å². The quantitative estimate of drug-likeness (QED) is 0.740. The Bertz CT molecular complexity index is 878. The van der Waals surface area contributed by atoms with Gasteiger partial charge in [0.15, 0.2) is 11.5 Å². The van der Waals surface area contributed by atoms with Gasteiger partial charge in [-0.05, 0) is 47.5 Å². The lowest BCUT2D eigenvalue weighted by atomic mass is 9.95. The summed E-state index contributed by atoms with van der Waals surface area (Å²) in [6, 6.07) is 3.18. The first-order valence-electron chi connectivity index (χ1n) is 7.97. The lowest BCUT2D eigenvalue weighted by molar-refractivity contribution is -0.139. The van der Waals surface area contributed by atoms with Crippen LogP contribution in [0, 0.1) is 0 Å². The summed E-state index contributed by atoms with van der Waals surface area (Å²) in [5.74, 6) is 1.25. The Morgan fingerprint density at radius 2 is 2.12 bits per heavy atom. The van der Waals surface area contributed by atoms with E-state index in [0.29, 0.717) is 33.2 Å². The molecule has 138 valence electrons. The Morgan fingerprint density at radius 3 is 2.77 bits per heavy atom. The predicted molar refractivity (Wildman–Crippen MR) is 98.4 cm³/mol. The van der Waals surface area contributed by atoms with E-state index in [0.717, 1.165) is 5.56 Å². The molecule has 1 atom stereocenters. The summed E-state index contributed by atoms with van der Waals surface area (Å²) < 4.78 is 18.4. The molecule has 1 aromatic heterocycles. The van der Waals surface area contributed by atoms with Gasteiger partial charge in [-0.15, -0.1) is 0 Å². The molecule has 2 heterocycles. The minimum absolute atomic E-state index is 0.280. The Morgan fingerprint density at radius 1 is 1.35 bits per heavy atom. The number of hydrogen-bond acceptors (Lipinski definition) is 7. The standard InChI is InChI=1S/C17H19BrN4O4/c1-5-26-16(23)13-9(2)21-17-19-8-20-22(17)14(13)10-6-11(18)15(25-4)12(7-10)24-3/h6-8,14H,5H2,1-4H3,(H,19,20,21)/t14-/m1/s1. The van der Waals surface area contributed by atoms with E-state index < -0.39 is 12.0 Å². The zero-order valence-electron chi connectivity index (χ0n) is 14.9. The van der Waals surface area contributed by atoms with E-state index in [-0.39, 0.29) is 6.61 Å². The van der Waals surface area contributed by atoms with E-state index in [2.05, 4.69) is 31.3 Å². The van der Waals surface area contributed by atoms with Crippen LogP contribution < -0.4 is 14.8 Å². The second-order valence-electron chi connectivity index (χ2n) is 5.55. The van der Waals surface area contributed by atoms with Crippen molar-refractivity contribution in [2.45, 2.75) is 19.9 Å². The van der Waals surface area contributed by atoms with Crippen molar-refractivity contribution in [3.8, 4) is 11.5 Å². The molecule has 0 amide bonds. The molecule has 0 aliphatic carbocycles. The molecular weight excluding hydrogens is 404 g/mol. The number of carbonyl (C=O) groups is 1. The second kappa shape index (κ2) is 7.36. The first-order valence-corrected chi connectivity index (χ1v) is 8.76. The highest BCUT2D eigenvalue weighted by Gasteiger charge is 2.35. The number of ether oxygens (including phenoxy) is 3. The van der Waals surface area contributed by atoms with Crippen molar-refractivity contribution in [3.05, 3.63) is 39.8 Å². The third kappa shape index (κ3) is 3.03. The number of esters is 1. The van der Waals surface area contributed by atoms with Crippen molar-refractivity contribution in [1.82, 2.24) is 14.8 Å². The van der Waals surface area contributed by atoms with E-state index in [4.69, 9.17) is 14.2 Å². The predicted octanol–water partition coefficient (Wildman–Crippen LogP) is 2.91. The number of aromatic nitrogens is 3. The lowest BCUT2D eigenvalue weighted by Gasteiger charge is -2.28. The van der Waals surface area contributed by atoms with Crippen LogP contribution in [0.2, 0.25) is 0 Å². The topological polar surface area (TPSA) is 87.5 Å². The Labute approximate surface area is 159 Å². The highest BCUT2D eigenvalue weighted by molar-refractivity contribution is 9.10. The molecule has 0 radical (unpaired) electrons. The number of rotatable bonds is 5. The van der Waals surface area contributed by atoms with E-state index in [1.807, 2.05) is 19.1 Å². The average Bonchev–Trinajstić information content (AvgIpc) is 3.07. The number of carbonyl (C=O) groups excluding carboxylic acids is 1. The van der Waals surface area contributed by atoms with Crippen molar-refractivity contribution < 1.29 is 19.0 Å². The zero-order valence-corrected chi connectivity index (χ0v) is 16.5. The van der Waals surface area contributed by atoms with Crippen LogP contribution >= 0.6 is 15.9 Å². The molecular formula is C17H19BrN4O4. The highest BCUT2D eigenvalue weighted by atomic mass is 79.9. The minimum Gasteiger partial charge on any atom is -0.493 e. The fourth-order valence-corrected chi connectivity index (χ4v) is 3.59. The summed E-state index contributed by atoms with van der Waals surface area (Å²) in [7, 11) is 3.13. The number of fused-ring (bicyclic) bond motifs is 1. The summed E-state index contributed by atoms with van der Waals surface area (Å²) in [5.41, 5.74) is 1.91. The molecule has 9 heteroatoms. The summed E-state index contributed by atoms with van der Waals surface area (Å²) in [6.07, 6.45) is 1.44. The van der Waals surface area contributed by atoms with Gasteiger partial charge >= 0.3 is 5.97 Å². The van der Waals surface area contributed by atoms with Crippen LogP contribution in [0.25, 0.3) is 0 Å². The maximum atomic E-state index is 12.6. The van der Waals surface area contributed by atoms with Gasteiger partial charge in [-0.1, -0.05) is 0 Å². The lowest BCUT2D eigenvalue weighted by Crippen LogP contribution is -2.29. The first-order chi connectivity index (χ1) is 12.5. The number of methoxy groups -OCH3 is 2. The fourth-order valence-electron chi connectivity index (χ4n) is 2.97. The molecule has 0 bridgehead atoms. The third-order valence-electron chi connectivity index (χ3n) is 4.06. The number of nitrogens with zero attached hydrogens (tertiary/aromatic N) is 3. The molecule has 0 saturated heterocycles. The van der Waals surface area contributed by atoms with Crippen LogP contribution in [-0.4, -0.2) is 41.6 Å². The Kier molecular flexibility index (Phi) is 5.17. The molecule has 0 saturated carbocycles. The molecule has 0 unspecified atom stereocenters. The van der Waals surface area contributed by atoms with Gasteiger partial charge in [0.2, 0.25) is 5.95 Å². The van der Waals surface area contributed by atoms with E-state index in [1.165, 1.54) is 6.33 Å². The summed E-state index contributed by atoms with van der Waals surface area (Å²) in [5, 5.41) is 7.38. The SMILES string of the molecule is CCOC(=O)C1=C(C)Nc2ncnn2[C@@H]1c1cc(Br)c(OC)c(OC)c1. The van der Waals surface area contributed by atoms with Crippen molar-refractivity contribution in [3.63, 3.8) is 0 Å². The van der Waals surface area contributed by atoms with Gasteiger partial charge in [0.1, 0.15) is 12.4 Å². The van der Waals surface area contributed by atoms with Gasteiger partial charge < -0.3 is 19.5 Å². The van der Waals surface area contributed by atoms with Crippen LogP contribution in [0.4, 0.5) is 5.95 Å². The first kappa shape index (κ1) is 18.2. The number of allylic oxidation sites excluding steroid dienone is 1. The van der Waals surface area contributed by atoms with Gasteiger partial charge in [0.25, 0.3) is 0 Å². The maximum absolute atomic E-state index is 12.6. The average molecular weight is 423 g/mol. The Balaban J connectivity index is 2.20.